The number of rotatable bonds is 7. The summed E-state index contributed by atoms with van der Waals surface area (Å²) in [4.78, 5) is 20.7. The molecule has 0 bridgehead atoms. The third-order valence-corrected chi connectivity index (χ3v) is 3.40. The Balaban J connectivity index is 2.10. The van der Waals surface area contributed by atoms with Crippen molar-refractivity contribution >= 4 is 17.4 Å². The Morgan fingerprint density at radius 1 is 1.25 bits per heavy atom. The highest BCUT2D eigenvalue weighted by atomic mass is 16.1. The molecule has 0 aliphatic rings. The van der Waals surface area contributed by atoms with Crippen LogP contribution in [0.25, 0.3) is 0 Å². The molecule has 24 heavy (non-hydrogen) atoms. The van der Waals surface area contributed by atoms with Gasteiger partial charge in [0.15, 0.2) is 0 Å². The molecule has 0 saturated carbocycles. The van der Waals surface area contributed by atoms with Gasteiger partial charge in [0.1, 0.15) is 17.3 Å². The summed E-state index contributed by atoms with van der Waals surface area (Å²) in [6.45, 7) is 4.50. The number of nitriles is 1. The minimum atomic E-state index is -0.203. The van der Waals surface area contributed by atoms with Gasteiger partial charge in [-0.3, -0.25) is 4.79 Å². The normalized spacial score (nSPS) is 10.0. The third kappa shape index (κ3) is 5.06. The zero-order valence-electron chi connectivity index (χ0n) is 14.0. The van der Waals surface area contributed by atoms with Crippen molar-refractivity contribution in [1.82, 2.24) is 15.3 Å². The summed E-state index contributed by atoms with van der Waals surface area (Å²) in [5, 5.41) is 14.9. The van der Waals surface area contributed by atoms with Crippen molar-refractivity contribution < 1.29 is 4.79 Å². The van der Waals surface area contributed by atoms with Crippen LogP contribution >= 0.6 is 0 Å². The number of nitrogens with zero attached hydrogens (tertiary/aromatic N) is 3. The first kappa shape index (κ1) is 17.4. The molecule has 2 rings (SSSR count). The van der Waals surface area contributed by atoms with Crippen LogP contribution in [0.1, 0.15) is 48.1 Å². The second kappa shape index (κ2) is 8.63. The quantitative estimate of drug-likeness (QED) is 0.763. The fraction of sp³-hybridized carbons (Fsp3) is 0.333. The summed E-state index contributed by atoms with van der Waals surface area (Å²) < 4.78 is 0. The summed E-state index contributed by atoms with van der Waals surface area (Å²) in [6, 6.07) is 10.8. The van der Waals surface area contributed by atoms with Crippen LogP contribution in [-0.2, 0) is 0 Å². The highest BCUT2D eigenvalue weighted by Gasteiger charge is 2.10. The van der Waals surface area contributed by atoms with Crippen LogP contribution in [0.5, 0.6) is 0 Å². The van der Waals surface area contributed by atoms with Crippen molar-refractivity contribution in [2.24, 2.45) is 0 Å². The minimum Gasteiger partial charge on any atom is -0.351 e. The molecule has 6 nitrogen and oxygen atoms in total. The van der Waals surface area contributed by atoms with Gasteiger partial charge in [-0.2, -0.15) is 5.26 Å². The molecule has 0 saturated heterocycles. The zero-order valence-corrected chi connectivity index (χ0v) is 14.0. The van der Waals surface area contributed by atoms with Gasteiger partial charge in [0.25, 0.3) is 5.91 Å². The maximum atomic E-state index is 12.2. The summed E-state index contributed by atoms with van der Waals surface area (Å²) in [5.74, 6) is 0.830. The number of anilines is 2. The van der Waals surface area contributed by atoms with Crippen LogP contribution in [0, 0.1) is 18.3 Å². The average Bonchev–Trinajstić information content (AvgIpc) is 2.58. The SMILES string of the molecule is CCCCCNC(=O)c1cc(Nc2cccc(C#N)c2)nc(C)n1. The number of unbranched alkanes of at least 4 members (excludes halogenated alkanes) is 2. The highest BCUT2D eigenvalue weighted by Crippen LogP contribution is 2.16. The van der Waals surface area contributed by atoms with Crippen molar-refractivity contribution in [3.63, 3.8) is 0 Å². The molecule has 0 atom stereocenters. The van der Waals surface area contributed by atoms with Crippen LogP contribution in [0.2, 0.25) is 0 Å². The number of carbonyl (C=O) groups excluding carboxylic acids is 1. The van der Waals surface area contributed by atoms with Gasteiger partial charge in [0, 0.05) is 18.3 Å². The Morgan fingerprint density at radius 3 is 2.83 bits per heavy atom. The molecule has 2 aromatic rings. The van der Waals surface area contributed by atoms with Gasteiger partial charge in [-0.15, -0.1) is 0 Å². The fourth-order valence-electron chi connectivity index (χ4n) is 2.23. The Morgan fingerprint density at radius 2 is 2.08 bits per heavy atom. The van der Waals surface area contributed by atoms with E-state index in [2.05, 4.69) is 33.6 Å². The van der Waals surface area contributed by atoms with Crippen LogP contribution in [0.15, 0.2) is 30.3 Å². The van der Waals surface area contributed by atoms with E-state index < -0.39 is 0 Å². The topological polar surface area (TPSA) is 90.7 Å². The van der Waals surface area contributed by atoms with Crippen LogP contribution in [-0.4, -0.2) is 22.4 Å². The molecular formula is C18H21N5O. The molecule has 0 spiro atoms. The molecule has 1 aromatic heterocycles. The number of amides is 1. The van der Waals surface area contributed by atoms with Gasteiger partial charge in [0.05, 0.1) is 11.6 Å². The van der Waals surface area contributed by atoms with Crippen molar-refractivity contribution in [1.29, 1.82) is 5.26 Å². The first-order valence-corrected chi connectivity index (χ1v) is 8.03. The lowest BCUT2D eigenvalue weighted by molar-refractivity contribution is 0.0947. The molecular weight excluding hydrogens is 302 g/mol. The highest BCUT2D eigenvalue weighted by molar-refractivity contribution is 5.93. The maximum absolute atomic E-state index is 12.2. The van der Waals surface area contributed by atoms with E-state index in [0.717, 1.165) is 24.9 Å². The maximum Gasteiger partial charge on any atom is 0.270 e. The van der Waals surface area contributed by atoms with Gasteiger partial charge in [-0.05, 0) is 31.5 Å². The van der Waals surface area contributed by atoms with Gasteiger partial charge >= 0.3 is 0 Å². The van der Waals surface area contributed by atoms with E-state index in [4.69, 9.17) is 5.26 Å². The number of aromatic nitrogens is 2. The molecule has 124 valence electrons. The first-order valence-electron chi connectivity index (χ1n) is 8.03. The predicted octanol–water partition coefficient (Wildman–Crippen LogP) is 3.32. The first-order chi connectivity index (χ1) is 11.6. The molecule has 0 aliphatic heterocycles. The van der Waals surface area contributed by atoms with E-state index in [9.17, 15) is 4.79 Å². The third-order valence-electron chi connectivity index (χ3n) is 3.40. The summed E-state index contributed by atoms with van der Waals surface area (Å²) >= 11 is 0. The lowest BCUT2D eigenvalue weighted by Crippen LogP contribution is -2.25. The lowest BCUT2D eigenvalue weighted by atomic mass is 10.2. The van der Waals surface area contributed by atoms with Crippen molar-refractivity contribution in [3.8, 4) is 6.07 Å². The number of carbonyl (C=O) groups is 1. The molecule has 1 heterocycles. The van der Waals surface area contributed by atoms with Gasteiger partial charge in [-0.1, -0.05) is 25.8 Å². The molecule has 2 N–H and O–H groups in total. The van der Waals surface area contributed by atoms with E-state index in [1.54, 1.807) is 31.2 Å². The number of benzene rings is 1. The van der Waals surface area contributed by atoms with E-state index >= 15 is 0 Å². The number of hydrogen-bond acceptors (Lipinski definition) is 5. The minimum absolute atomic E-state index is 0.203. The molecule has 6 heteroatoms. The van der Waals surface area contributed by atoms with Crippen molar-refractivity contribution in [2.45, 2.75) is 33.1 Å². The molecule has 0 fully saturated rings. The van der Waals surface area contributed by atoms with E-state index in [0.29, 0.717) is 29.4 Å². The summed E-state index contributed by atoms with van der Waals surface area (Å²) in [7, 11) is 0. The number of nitrogens with one attached hydrogen (secondary N) is 2. The Bertz CT molecular complexity index is 751. The molecule has 1 aromatic carbocycles. The van der Waals surface area contributed by atoms with Gasteiger partial charge < -0.3 is 10.6 Å². The standard InChI is InChI=1S/C18H21N5O/c1-3-4-5-9-20-18(24)16-11-17(22-13(2)21-16)23-15-8-6-7-14(10-15)12-19/h6-8,10-11H,3-5,9H2,1-2H3,(H,20,24)(H,21,22,23). The van der Waals surface area contributed by atoms with E-state index in [-0.39, 0.29) is 5.91 Å². The molecule has 0 aliphatic carbocycles. The lowest BCUT2D eigenvalue weighted by Gasteiger charge is -2.09. The predicted molar refractivity (Wildman–Crippen MR) is 93.1 cm³/mol. The Kier molecular flexibility index (Phi) is 6.26. The number of hydrogen-bond donors (Lipinski definition) is 2. The number of aryl methyl sites for hydroxylation is 1. The largest absolute Gasteiger partial charge is 0.351 e. The summed E-state index contributed by atoms with van der Waals surface area (Å²) in [6.07, 6.45) is 3.15. The Labute approximate surface area is 142 Å². The van der Waals surface area contributed by atoms with Crippen molar-refractivity contribution in [3.05, 3.63) is 47.4 Å². The van der Waals surface area contributed by atoms with Crippen molar-refractivity contribution in [2.75, 3.05) is 11.9 Å². The van der Waals surface area contributed by atoms with E-state index in [1.165, 1.54) is 0 Å². The van der Waals surface area contributed by atoms with Crippen LogP contribution < -0.4 is 10.6 Å². The van der Waals surface area contributed by atoms with E-state index in [1.807, 2.05) is 6.07 Å². The van der Waals surface area contributed by atoms with Crippen LogP contribution in [0.3, 0.4) is 0 Å². The zero-order chi connectivity index (χ0) is 17.4. The average molecular weight is 323 g/mol. The monoisotopic (exact) mass is 323 g/mol. The van der Waals surface area contributed by atoms with Crippen LogP contribution in [0.4, 0.5) is 11.5 Å². The Hall–Kier alpha value is -2.94. The molecule has 0 unspecified atom stereocenters. The van der Waals surface area contributed by atoms with Gasteiger partial charge in [-0.25, -0.2) is 9.97 Å². The molecule has 1 amide bonds. The second-order valence-electron chi connectivity index (χ2n) is 5.47. The van der Waals surface area contributed by atoms with Gasteiger partial charge in [0.2, 0.25) is 0 Å². The smallest absolute Gasteiger partial charge is 0.270 e. The second-order valence-corrected chi connectivity index (χ2v) is 5.47. The fourth-order valence-corrected chi connectivity index (χ4v) is 2.23. The summed E-state index contributed by atoms with van der Waals surface area (Å²) in [5.41, 5.74) is 1.62. The molecule has 0 radical (unpaired) electrons.